The van der Waals surface area contributed by atoms with Gasteiger partial charge in [0.2, 0.25) is 15.9 Å². The number of fused-ring (bicyclic) bond motifs is 1. The van der Waals surface area contributed by atoms with Gasteiger partial charge in [-0.1, -0.05) is 66.2 Å². The molecule has 1 atom stereocenters. The number of amides is 1. The van der Waals surface area contributed by atoms with Gasteiger partial charge in [0.25, 0.3) is 0 Å². The number of nitrogens with zero attached hydrogens (tertiary/aromatic N) is 2. The van der Waals surface area contributed by atoms with E-state index in [0.717, 1.165) is 22.9 Å². The van der Waals surface area contributed by atoms with Crippen molar-refractivity contribution in [2.24, 2.45) is 0 Å². The number of rotatable bonds is 7. The van der Waals surface area contributed by atoms with E-state index in [1.807, 2.05) is 31.2 Å². The lowest BCUT2D eigenvalue weighted by molar-refractivity contribution is -0.123. The molecule has 4 rings (SSSR count). The van der Waals surface area contributed by atoms with Crippen molar-refractivity contribution >= 4 is 38.7 Å². The molecule has 0 saturated carbocycles. The first-order valence-electron chi connectivity index (χ1n) is 9.56. The monoisotopic (exact) mass is 452 g/mol. The van der Waals surface area contributed by atoms with Crippen LogP contribution in [0.1, 0.15) is 22.7 Å². The lowest BCUT2D eigenvalue weighted by atomic mass is 10.1. The van der Waals surface area contributed by atoms with Crippen LogP contribution in [0.25, 0.3) is 11.0 Å². The summed E-state index contributed by atoms with van der Waals surface area (Å²) < 4.78 is 37.1. The molecule has 0 radical (unpaired) electrons. The van der Waals surface area contributed by atoms with Crippen LogP contribution in [-0.2, 0) is 21.4 Å². The van der Waals surface area contributed by atoms with Crippen LogP contribution in [0, 0.1) is 6.92 Å². The van der Waals surface area contributed by atoms with E-state index < -0.39 is 22.0 Å². The number of aromatic nitrogens is 2. The van der Waals surface area contributed by atoms with Gasteiger partial charge in [-0.25, -0.2) is 8.42 Å². The molecule has 2 N–H and O–H groups in total. The molecule has 9 heteroatoms. The van der Waals surface area contributed by atoms with Crippen LogP contribution in [0.3, 0.4) is 0 Å². The molecule has 0 aliphatic heterocycles. The van der Waals surface area contributed by atoms with E-state index in [4.69, 9.17) is 0 Å². The number of hydrogen-bond acceptors (Lipinski definition) is 6. The minimum absolute atomic E-state index is 0.00832. The largest absolute Gasteiger partial charge is 0.350 e. The molecule has 0 aliphatic rings. The predicted molar refractivity (Wildman–Crippen MR) is 120 cm³/mol. The van der Waals surface area contributed by atoms with Gasteiger partial charge in [0.05, 0.1) is 11.7 Å². The average molecular weight is 453 g/mol. The fourth-order valence-electron chi connectivity index (χ4n) is 3.13. The number of carbonyl (C=O) groups is 1. The number of hydrogen-bond donors (Lipinski definition) is 2. The standard InChI is InChI=1S/C22H20N4O3S2/c1-15-10-12-16(13-11-15)14-23-22(27)20(17-6-3-2-4-7-17)26-31(28,29)19-9-5-8-18-21(19)25-30-24-18/h2-13,20,26H,14H2,1H3,(H,23,27)/t20-/m0/s1. The van der Waals surface area contributed by atoms with E-state index in [1.54, 1.807) is 42.5 Å². The number of sulfonamides is 1. The highest BCUT2D eigenvalue weighted by Crippen LogP contribution is 2.24. The molecule has 0 aliphatic carbocycles. The fourth-order valence-corrected chi connectivity index (χ4v) is 5.08. The normalized spacial score (nSPS) is 12.5. The molecule has 3 aromatic carbocycles. The number of benzene rings is 3. The lowest BCUT2D eigenvalue weighted by Gasteiger charge is -2.19. The Kier molecular flexibility index (Phi) is 6.08. The minimum atomic E-state index is -4.04. The minimum Gasteiger partial charge on any atom is -0.350 e. The van der Waals surface area contributed by atoms with Crippen LogP contribution in [-0.4, -0.2) is 23.1 Å². The van der Waals surface area contributed by atoms with Crippen LogP contribution in [0.2, 0.25) is 0 Å². The van der Waals surface area contributed by atoms with Gasteiger partial charge in [-0.2, -0.15) is 13.5 Å². The van der Waals surface area contributed by atoms with E-state index in [-0.39, 0.29) is 17.0 Å². The van der Waals surface area contributed by atoms with Gasteiger partial charge < -0.3 is 5.32 Å². The Labute approximate surface area is 184 Å². The molecule has 31 heavy (non-hydrogen) atoms. The Hall–Kier alpha value is -3.14. The van der Waals surface area contributed by atoms with E-state index in [2.05, 4.69) is 18.8 Å². The zero-order valence-electron chi connectivity index (χ0n) is 16.6. The molecule has 0 unspecified atom stereocenters. The van der Waals surface area contributed by atoms with Gasteiger partial charge in [-0.3, -0.25) is 4.79 Å². The average Bonchev–Trinajstić information content (AvgIpc) is 3.26. The highest BCUT2D eigenvalue weighted by Gasteiger charge is 2.29. The van der Waals surface area contributed by atoms with Crippen molar-refractivity contribution in [3.63, 3.8) is 0 Å². The van der Waals surface area contributed by atoms with Gasteiger partial charge >= 0.3 is 0 Å². The fraction of sp³-hybridized carbons (Fsp3) is 0.136. The quantitative estimate of drug-likeness (QED) is 0.448. The third-order valence-electron chi connectivity index (χ3n) is 4.79. The summed E-state index contributed by atoms with van der Waals surface area (Å²) in [5, 5.41) is 2.83. The van der Waals surface area contributed by atoms with E-state index in [0.29, 0.717) is 11.1 Å². The Bertz CT molecular complexity index is 1300. The molecule has 0 fully saturated rings. The third kappa shape index (κ3) is 4.79. The Morgan fingerprint density at radius 3 is 2.45 bits per heavy atom. The number of carbonyl (C=O) groups excluding carboxylic acids is 1. The molecular formula is C22H20N4O3S2. The molecular weight excluding hydrogens is 432 g/mol. The summed E-state index contributed by atoms with van der Waals surface area (Å²) in [6.45, 7) is 2.27. The van der Waals surface area contributed by atoms with Crippen molar-refractivity contribution < 1.29 is 13.2 Å². The van der Waals surface area contributed by atoms with Crippen LogP contribution in [0.5, 0.6) is 0 Å². The van der Waals surface area contributed by atoms with Crippen LogP contribution in [0.15, 0.2) is 77.7 Å². The third-order valence-corrected chi connectivity index (χ3v) is 6.79. The van der Waals surface area contributed by atoms with Gasteiger partial charge in [-0.05, 0) is 30.2 Å². The van der Waals surface area contributed by atoms with Crippen molar-refractivity contribution in [2.45, 2.75) is 24.4 Å². The molecule has 4 aromatic rings. The molecule has 1 heterocycles. The maximum absolute atomic E-state index is 13.2. The highest BCUT2D eigenvalue weighted by atomic mass is 32.2. The summed E-state index contributed by atoms with van der Waals surface area (Å²) in [4.78, 5) is 13.0. The van der Waals surface area contributed by atoms with Gasteiger partial charge in [-0.15, -0.1) is 0 Å². The van der Waals surface area contributed by atoms with Crippen molar-refractivity contribution in [1.82, 2.24) is 18.8 Å². The summed E-state index contributed by atoms with van der Waals surface area (Å²) in [5.74, 6) is -0.445. The van der Waals surface area contributed by atoms with Crippen molar-refractivity contribution in [1.29, 1.82) is 0 Å². The molecule has 1 amide bonds. The summed E-state index contributed by atoms with van der Waals surface area (Å²) in [6.07, 6.45) is 0. The van der Waals surface area contributed by atoms with Crippen molar-refractivity contribution in [2.75, 3.05) is 0 Å². The second kappa shape index (κ2) is 8.93. The summed E-state index contributed by atoms with van der Waals surface area (Å²) >= 11 is 0.940. The topological polar surface area (TPSA) is 101 Å². The number of nitrogens with one attached hydrogen (secondary N) is 2. The lowest BCUT2D eigenvalue weighted by Crippen LogP contribution is -2.40. The maximum atomic E-state index is 13.2. The van der Waals surface area contributed by atoms with Crippen LogP contribution < -0.4 is 10.0 Å². The van der Waals surface area contributed by atoms with E-state index >= 15 is 0 Å². The molecule has 0 bridgehead atoms. The predicted octanol–water partition coefficient (Wildman–Crippen LogP) is 3.34. The van der Waals surface area contributed by atoms with E-state index in [1.165, 1.54) is 6.07 Å². The molecule has 0 spiro atoms. The van der Waals surface area contributed by atoms with Gasteiger partial charge in [0.1, 0.15) is 22.0 Å². The Morgan fingerprint density at radius 1 is 0.968 bits per heavy atom. The summed E-state index contributed by atoms with van der Waals surface area (Å²) in [5.41, 5.74) is 3.36. The SMILES string of the molecule is Cc1ccc(CNC(=O)[C@@H](NS(=O)(=O)c2cccc3nsnc23)c2ccccc2)cc1. The molecule has 1 aromatic heterocycles. The first-order chi connectivity index (χ1) is 14.9. The van der Waals surface area contributed by atoms with Gasteiger partial charge in [0, 0.05) is 6.54 Å². The zero-order chi connectivity index (χ0) is 21.8. The molecule has 158 valence electrons. The summed E-state index contributed by atoms with van der Waals surface area (Å²) in [7, 11) is -4.04. The van der Waals surface area contributed by atoms with Crippen molar-refractivity contribution in [3.8, 4) is 0 Å². The maximum Gasteiger partial charge on any atom is 0.243 e. The second-order valence-corrected chi connectivity index (χ2v) is 9.27. The van der Waals surface area contributed by atoms with Crippen molar-refractivity contribution in [3.05, 3.63) is 89.5 Å². The smallest absolute Gasteiger partial charge is 0.243 e. The zero-order valence-corrected chi connectivity index (χ0v) is 18.3. The first kappa shape index (κ1) is 21.1. The molecule has 7 nitrogen and oxygen atoms in total. The van der Waals surface area contributed by atoms with Crippen LogP contribution >= 0.6 is 11.7 Å². The summed E-state index contributed by atoms with van der Waals surface area (Å²) in [6, 6.07) is 20.2. The second-order valence-electron chi connectivity index (χ2n) is 7.06. The van der Waals surface area contributed by atoms with Crippen LogP contribution in [0.4, 0.5) is 0 Å². The van der Waals surface area contributed by atoms with E-state index in [9.17, 15) is 13.2 Å². The highest BCUT2D eigenvalue weighted by molar-refractivity contribution is 7.89. The molecule has 0 saturated heterocycles. The number of aryl methyl sites for hydroxylation is 1. The Morgan fingerprint density at radius 2 is 1.71 bits per heavy atom. The Balaban J connectivity index is 1.61. The van der Waals surface area contributed by atoms with Gasteiger partial charge in [0.15, 0.2) is 0 Å². The first-order valence-corrected chi connectivity index (χ1v) is 11.8.